The molecule has 0 aliphatic heterocycles. The summed E-state index contributed by atoms with van der Waals surface area (Å²) in [6.45, 7) is 1.96. The molecule has 1 aromatic rings. The molecule has 56 valence electrons. The van der Waals surface area contributed by atoms with Gasteiger partial charge in [0.1, 0.15) is 5.75 Å². The van der Waals surface area contributed by atoms with Gasteiger partial charge in [0.05, 0.1) is 5.69 Å². The van der Waals surface area contributed by atoms with Crippen LogP contribution in [0.3, 0.4) is 0 Å². The van der Waals surface area contributed by atoms with Gasteiger partial charge in [-0.1, -0.05) is 6.92 Å². The Labute approximate surface area is 66.3 Å². The van der Waals surface area contributed by atoms with E-state index in [1.54, 1.807) is 18.3 Å². The van der Waals surface area contributed by atoms with Crippen molar-refractivity contribution in [1.29, 1.82) is 0 Å². The van der Waals surface area contributed by atoms with E-state index in [4.69, 9.17) is 5.11 Å². The van der Waals surface area contributed by atoms with Crippen LogP contribution in [-0.4, -0.2) is 10.1 Å². The third kappa shape index (κ3) is 1.88. The van der Waals surface area contributed by atoms with Crippen LogP contribution in [0.2, 0.25) is 0 Å². The topological polar surface area (TPSA) is 33.1 Å². The SMILES string of the molecule is CCc1ncccc1O.Cl. The molecule has 0 radical (unpaired) electrons. The molecule has 0 saturated carbocycles. The summed E-state index contributed by atoms with van der Waals surface area (Å²) in [5.41, 5.74) is 0.762. The van der Waals surface area contributed by atoms with Crippen molar-refractivity contribution in [3.05, 3.63) is 24.0 Å². The summed E-state index contributed by atoms with van der Waals surface area (Å²) in [5, 5.41) is 9.05. The van der Waals surface area contributed by atoms with E-state index >= 15 is 0 Å². The van der Waals surface area contributed by atoms with Gasteiger partial charge in [0.15, 0.2) is 0 Å². The maximum Gasteiger partial charge on any atom is 0.137 e. The Morgan fingerprint density at radius 2 is 2.30 bits per heavy atom. The zero-order valence-corrected chi connectivity index (χ0v) is 6.56. The zero-order chi connectivity index (χ0) is 6.69. The summed E-state index contributed by atoms with van der Waals surface area (Å²) >= 11 is 0. The van der Waals surface area contributed by atoms with E-state index in [2.05, 4.69) is 4.98 Å². The number of aromatic hydroxyl groups is 1. The van der Waals surface area contributed by atoms with Crippen molar-refractivity contribution in [3.8, 4) is 5.75 Å². The number of aromatic nitrogens is 1. The first-order valence-electron chi connectivity index (χ1n) is 2.97. The molecule has 0 aromatic carbocycles. The molecule has 1 heterocycles. The van der Waals surface area contributed by atoms with E-state index in [0.29, 0.717) is 5.75 Å². The van der Waals surface area contributed by atoms with Gasteiger partial charge in [-0.25, -0.2) is 0 Å². The number of nitrogens with zero attached hydrogens (tertiary/aromatic N) is 1. The van der Waals surface area contributed by atoms with Gasteiger partial charge in [-0.3, -0.25) is 4.98 Å². The Bertz CT molecular complexity index is 203. The zero-order valence-electron chi connectivity index (χ0n) is 5.74. The first kappa shape index (κ1) is 9.24. The maximum absolute atomic E-state index is 9.05. The van der Waals surface area contributed by atoms with Crippen LogP contribution in [0, 0.1) is 0 Å². The van der Waals surface area contributed by atoms with E-state index in [9.17, 15) is 0 Å². The number of pyridine rings is 1. The van der Waals surface area contributed by atoms with E-state index in [1.165, 1.54) is 0 Å². The quantitative estimate of drug-likeness (QED) is 0.678. The lowest BCUT2D eigenvalue weighted by Gasteiger charge is -1.95. The lowest BCUT2D eigenvalue weighted by Crippen LogP contribution is -1.84. The predicted molar refractivity (Wildman–Crippen MR) is 42.5 cm³/mol. The predicted octanol–water partition coefficient (Wildman–Crippen LogP) is 1.77. The minimum absolute atomic E-state index is 0. The van der Waals surface area contributed by atoms with Gasteiger partial charge in [0.25, 0.3) is 0 Å². The normalized spacial score (nSPS) is 8.50. The van der Waals surface area contributed by atoms with Crippen LogP contribution >= 0.6 is 12.4 Å². The fourth-order valence-corrected chi connectivity index (χ4v) is 0.702. The second-order valence-corrected chi connectivity index (χ2v) is 1.82. The Morgan fingerprint density at radius 3 is 2.70 bits per heavy atom. The van der Waals surface area contributed by atoms with Gasteiger partial charge in [-0.2, -0.15) is 0 Å². The first-order chi connectivity index (χ1) is 4.34. The van der Waals surface area contributed by atoms with Crippen molar-refractivity contribution >= 4 is 12.4 Å². The Balaban J connectivity index is 0.000000810. The third-order valence-corrected chi connectivity index (χ3v) is 1.20. The largest absolute Gasteiger partial charge is 0.506 e. The summed E-state index contributed by atoms with van der Waals surface area (Å²) in [7, 11) is 0. The minimum atomic E-state index is 0. The highest BCUT2D eigenvalue weighted by Gasteiger charge is 1.94. The lowest BCUT2D eigenvalue weighted by molar-refractivity contribution is 0.465. The summed E-state index contributed by atoms with van der Waals surface area (Å²) in [4.78, 5) is 3.95. The molecule has 1 N–H and O–H groups in total. The highest BCUT2D eigenvalue weighted by Crippen LogP contribution is 2.11. The Hall–Kier alpha value is -0.760. The second kappa shape index (κ2) is 4.12. The van der Waals surface area contributed by atoms with Crippen molar-refractivity contribution < 1.29 is 5.11 Å². The van der Waals surface area contributed by atoms with Gasteiger partial charge in [-0.05, 0) is 18.6 Å². The smallest absolute Gasteiger partial charge is 0.137 e. The van der Waals surface area contributed by atoms with Gasteiger partial charge in [0, 0.05) is 6.20 Å². The lowest BCUT2D eigenvalue weighted by atomic mass is 10.3. The summed E-state index contributed by atoms with van der Waals surface area (Å²) in [6.07, 6.45) is 2.46. The molecule has 0 amide bonds. The van der Waals surface area contributed by atoms with Crippen LogP contribution in [0.25, 0.3) is 0 Å². The Kier molecular flexibility index (Phi) is 3.81. The van der Waals surface area contributed by atoms with Crippen molar-refractivity contribution in [3.63, 3.8) is 0 Å². The Morgan fingerprint density at radius 1 is 1.60 bits per heavy atom. The van der Waals surface area contributed by atoms with Crippen LogP contribution in [-0.2, 0) is 6.42 Å². The molecule has 0 atom stereocenters. The van der Waals surface area contributed by atoms with Crippen LogP contribution in [0.5, 0.6) is 5.75 Å². The van der Waals surface area contributed by atoms with Crippen LogP contribution < -0.4 is 0 Å². The third-order valence-electron chi connectivity index (χ3n) is 1.20. The number of rotatable bonds is 1. The monoisotopic (exact) mass is 159 g/mol. The molecule has 1 rings (SSSR count). The molecular weight excluding hydrogens is 150 g/mol. The first-order valence-corrected chi connectivity index (χ1v) is 2.97. The summed E-state index contributed by atoms with van der Waals surface area (Å²) < 4.78 is 0. The summed E-state index contributed by atoms with van der Waals surface area (Å²) in [5.74, 6) is 0.292. The van der Waals surface area contributed by atoms with E-state index in [1.807, 2.05) is 6.92 Å². The molecule has 2 nitrogen and oxygen atoms in total. The number of aryl methyl sites for hydroxylation is 1. The molecule has 1 aromatic heterocycles. The van der Waals surface area contributed by atoms with Gasteiger partial charge in [-0.15, -0.1) is 12.4 Å². The van der Waals surface area contributed by atoms with Crippen LogP contribution in [0.15, 0.2) is 18.3 Å². The molecule has 0 saturated heterocycles. The van der Waals surface area contributed by atoms with Gasteiger partial charge in [0.2, 0.25) is 0 Å². The fourth-order valence-electron chi connectivity index (χ4n) is 0.702. The molecule has 0 aliphatic carbocycles. The van der Waals surface area contributed by atoms with Crippen molar-refractivity contribution in [2.45, 2.75) is 13.3 Å². The van der Waals surface area contributed by atoms with Crippen molar-refractivity contribution in [2.24, 2.45) is 0 Å². The van der Waals surface area contributed by atoms with Crippen molar-refractivity contribution in [2.75, 3.05) is 0 Å². The number of hydrogen-bond acceptors (Lipinski definition) is 2. The van der Waals surface area contributed by atoms with E-state index < -0.39 is 0 Å². The molecular formula is C7H10ClNO. The summed E-state index contributed by atoms with van der Waals surface area (Å²) in [6, 6.07) is 3.36. The second-order valence-electron chi connectivity index (χ2n) is 1.82. The van der Waals surface area contributed by atoms with E-state index in [0.717, 1.165) is 12.1 Å². The number of hydrogen-bond donors (Lipinski definition) is 1. The standard InChI is InChI=1S/C7H9NO.ClH/c1-2-6-7(9)4-3-5-8-6;/h3-5,9H,2H2,1H3;1H. The van der Waals surface area contributed by atoms with Crippen molar-refractivity contribution in [1.82, 2.24) is 4.98 Å². The van der Waals surface area contributed by atoms with Crippen LogP contribution in [0.4, 0.5) is 0 Å². The number of halogens is 1. The molecule has 0 aliphatic rings. The molecule has 3 heteroatoms. The molecule has 10 heavy (non-hydrogen) atoms. The molecule has 0 bridgehead atoms. The van der Waals surface area contributed by atoms with E-state index in [-0.39, 0.29) is 12.4 Å². The fraction of sp³-hybridized carbons (Fsp3) is 0.286. The molecule has 0 fully saturated rings. The maximum atomic E-state index is 9.05. The highest BCUT2D eigenvalue weighted by atomic mass is 35.5. The average molecular weight is 160 g/mol. The van der Waals surface area contributed by atoms with Gasteiger partial charge >= 0.3 is 0 Å². The molecule has 0 spiro atoms. The van der Waals surface area contributed by atoms with Crippen LogP contribution in [0.1, 0.15) is 12.6 Å². The highest BCUT2D eigenvalue weighted by molar-refractivity contribution is 5.85. The molecule has 0 unspecified atom stereocenters. The average Bonchev–Trinajstić information content (AvgIpc) is 1.89. The minimum Gasteiger partial charge on any atom is -0.506 e. The van der Waals surface area contributed by atoms with Gasteiger partial charge < -0.3 is 5.11 Å².